The first-order chi connectivity index (χ1) is 9.51. The fraction of sp³-hybridized carbons (Fsp3) is 0. The Labute approximate surface area is 143 Å². The van der Waals surface area contributed by atoms with E-state index in [0.717, 1.165) is 5.56 Å². The number of allylic oxidation sites excluding steroid dienone is 1. The van der Waals surface area contributed by atoms with Crippen molar-refractivity contribution in [2.45, 2.75) is 0 Å². The van der Waals surface area contributed by atoms with Crippen LogP contribution in [0.5, 0.6) is 5.75 Å². The van der Waals surface area contributed by atoms with Crippen LogP contribution >= 0.6 is 45.2 Å². The van der Waals surface area contributed by atoms with Crippen LogP contribution in [0, 0.1) is 24.3 Å². The van der Waals surface area contributed by atoms with E-state index in [4.69, 9.17) is 0 Å². The molecule has 0 unspecified atom stereocenters. The highest BCUT2D eigenvalue weighted by Gasteiger charge is 2.07. The van der Waals surface area contributed by atoms with Crippen molar-refractivity contribution in [3.8, 4) is 11.8 Å². The Bertz CT molecular complexity index is 712. The van der Waals surface area contributed by atoms with E-state index in [2.05, 4.69) is 6.07 Å². The number of hydrogen-bond acceptors (Lipinski definition) is 2. The average Bonchev–Trinajstić information content (AvgIpc) is 2.42. The van der Waals surface area contributed by atoms with Gasteiger partial charge in [-0.15, -0.1) is 0 Å². The average molecular weight is 491 g/mol. The zero-order valence-electron chi connectivity index (χ0n) is 10.1. The largest absolute Gasteiger partial charge is 0.506 e. The first-order valence-electron chi connectivity index (χ1n) is 5.57. The second-order valence-corrected chi connectivity index (χ2v) is 6.34. The van der Waals surface area contributed by atoms with Crippen LogP contribution in [-0.2, 0) is 0 Å². The van der Waals surface area contributed by atoms with Gasteiger partial charge in [-0.1, -0.05) is 12.1 Å². The van der Waals surface area contributed by atoms with Gasteiger partial charge in [0.15, 0.2) is 0 Å². The number of nitrogens with zero attached hydrogens (tertiary/aromatic N) is 1. The summed E-state index contributed by atoms with van der Waals surface area (Å²) < 4.78 is 14.6. The number of benzene rings is 2. The van der Waals surface area contributed by atoms with E-state index in [1.54, 1.807) is 30.3 Å². The van der Waals surface area contributed by atoms with Crippen molar-refractivity contribution in [2.24, 2.45) is 0 Å². The normalized spacial score (nSPS) is 11.2. The lowest BCUT2D eigenvalue weighted by atomic mass is 10.0. The van der Waals surface area contributed by atoms with Gasteiger partial charge in [0, 0.05) is 0 Å². The topological polar surface area (TPSA) is 44.0 Å². The molecular formula is C15H8FI2NO. The predicted molar refractivity (Wildman–Crippen MR) is 93.4 cm³/mol. The highest BCUT2D eigenvalue weighted by Crippen LogP contribution is 2.29. The Morgan fingerprint density at radius 1 is 1.20 bits per heavy atom. The first kappa shape index (κ1) is 15.3. The molecule has 0 bridgehead atoms. The summed E-state index contributed by atoms with van der Waals surface area (Å²) in [7, 11) is 0. The Kier molecular flexibility index (Phi) is 4.99. The molecule has 0 aromatic heterocycles. The van der Waals surface area contributed by atoms with Crippen molar-refractivity contribution >= 4 is 56.8 Å². The molecule has 0 saturated carbocycles. The van der Waals surface area contributed by atoms with Crippen LogP contribution in [0.2, 0.25) is 0 Å². The minimum absolute atomic E-state index is 0.229. The Hall–Kier alpha value is -1.14. The molecule has 100 valence electrons. The minimum Gasteiger partial charge on any atom is -0.506 e. The van der Waals surface area contributed by atoms with E-state index < -0.39 is 0 Å². The smallest absolute Gasteiger partial charge is 0.142 e. The third kappa shape index (κ3) is 3.49. The van der Waals surface area contributed by atoms with Crippen LogP contribution in [0.1, 0.15) is 11.1 Å². The first-order valence-corrected chi connectivity index (χ1v) is 7.73. The van der Waals surface area contributed by atoms with Gasteiger partial charge in [-0.05, 0) is 86.7 Å². The van der Waals surface area contributed by atoms with Crippen molar-refractivity contribution in [3.63, 3.8) is 0 Å². The second kappa shape index (κ2) is 6.54. The van der Waals surface area contributed by atoms with Crippen LogP contribution < -0.4 is 0 Å². The lowest BCUT2D eigenvalue weighted by molar-refractivity contribution is 0.467. The molecule has 0 atom stereocenters. The summed E-state index contributed by atoms with van der Waals surface area (Å²) in [4.78, 5) is 0. The zero-order valence-corrected chi connectivity index (χ0v) is 14.4. The van der Waals surface area contributed by atoms with Gasteiger partial charge in [-0.2, -0.15) is 5.26 Å². The summed E-state index contributed by atoms with van der Waals surface area (Å²) in [6.45, 7) is 0. The maximum Gasteiger partial charge on any atom is 0.142 e. The Morgan fingerprint density at radius 2 is 1.85 bits per heavy atom. The quantitative estimate of drug-likeness (QED) is 0.373. The van der Waals surface area contributed by atoms with Crippen LogP contribution in [0.3, 0.4) is 0 Å². The Balaban J connectivity index is 2.50. The summed E-state index contributed by atoms with van der Waals surface area (Å²) >= 11 is 4.05. The molecule has 0 radical (unpaired) electrons. The maximum atomic E-state index is 13.2. The van der Waals surface area contributed by atoms with Crippen molar-refractivity contribution in [1.29, 1.82) is 5.26 Å². The summed E-state index contributed by atoms with van der Waals surface area (Å²) in [5, 5.41) is 19.0. The van der Waals surface area contributed by atoms with Crippen LogP contribution in [0.25, 0.3) is 11.6 Å². The molecule has 2 rings (SSSR count). The third-order valence-corrected chi connectivity index (χ3v) is 4.25. The van der Waals surface area contributed by atoms with Crippen molar-refractivity contribution in [1.82, 2.24) is 0 Å². The third-order valence-electron chi connectivity index (χ3n) is 2.61. The molecule has 0 heterocycles. The van der Waals surface area contributed by atoms with E-state index in [0.29, 0.717) is 18.3 Å². The van der Waals surface area contributed by atoms with Gasteiger partial charge >= 0.3 is 0 Å². The number of phenolic OH excluding ortho intramolecular Hbond substituents is 1. The van der Waals surface area contributed by atoms with E-state index in [1.165, 1.54) is 12.1 Å². The monoisotopic (exact) mass is 491 g/mol. The summed E-state index contributed by atoms with van der Waals surface area (Å²) in [5.74, 6) is -0.147. The van der Waals surface area contributed by atoms with Crippen molar-refractivity contribution in [2.75, 3.05) is 0 Å². The fourth-order valence-corrected chi connectivity index (χ4v) is 3.49. The molecule has 2 aromatic carbocycles. The molecule has 0 aliphatic rings. The molecule has 0 saturated heterocycles. The summed E-state index contributed by atoms with van der Waals surface area (Å²) in [6, 6.07) is 11.5. The van der Waals surface area contributed by atoms with E-state index in [1.807, 2.05) is 45.2 Å². The summed E-state index contributed by atoms with van der Waals surface area (Å²) in [5.41, 5.74) is 1.70. The molecule has 0 fully saturated rings. The molecule has 2 aromatic rings. The molecule has 0 aliphatic heterocycles. The fourth-order valence-electron chi connectivity index (χ4n) is 1.67. The molecule has 0 spiro atoms. The lowest BCUT2D eigenvalue weighted by Crippen LogP contribution is -1.86. The number of nitriles is 1. The standard InChI is InChI=1S/C15H8FI2NO/c16-12-3-1-2-10(7-12)11(8-19)4-9-5-13(17)15(20)14(18)6-9/h1-7,20H/b11-4-. The predicted octanol–water partition coefficient (Wildman–Crippen LogP) is 4.80. The second-order valence-electron chi connectivity index (χ2n) is 4.01. The highest BCUT2D eigenvalue weighted by atomic mass is 127. The number of halogens is 3. The van der Waals surface area contributed by atoms with Crippen molar-refractivity contribution in [3.05, 3.63) is 60.5 Å². The molecule has 0 amide bonds. The number of phenols is 1. The van der Waals surface area contributed by atoms with Gasteiger partial charge in [0.05, 0.1) is 18.8 Å². The zero-order chi connectivity index (χ0) is 14.7. The molecule has 0 aliphatic carbocycles. The van der Waals surface area contributed by atoms with E-state index >= 15 is 0 Å². The lowest BCUT2D eigenvalue weighted by Gasteiger charge is -2.04. The summed E-state index contributed by atoms with van der Waals surface area (Å²) in [6.07, 6.45) is 1.68. The molecule has 1 N–H and O–H groups in total. The van der Waals surface area contributed by atoms with Crippen LogP contribution in [0.4, 0.5) is 4.39 Å². The number of aromatic hydroxyl groups is 1. The highest BCUT2D eigenvalue weighted by molar-refractivity contribution is 14.1. The van der Waals surface area contributed by atoms with Crippen LogP contribution in [0.15, 0.2) is 36.4 Å². The van der Waals surface area contributed by atoms with Gasteiger partial charge in [0.2, 0.25) is 0 Å². The molecule has 5 heteroatoms. The minimum atomic E-state index is -0.376. The van der Waals surface area contributed by atoms with E-state index in [9.17, 15) is 14.8 Å². The van der Waals surface area contributed by atoms with Gasteiger partial charge < -0.3 is 5.11 Å². The van der Waals surface area contributed by atoms with E-state index in [-0.39, 0.29) is 11.6 Å². The Morgan fingerprint density at radius 3 is 2.40 bits per heavy atom. The van der Waals surface area contributed by atoms with Gasteiger partial charge in [0.25, 0.3) is 0 Å². The molecule has 20 heavy (non-hydrogen) atoms. The molecule has 2 nitrogen and oxygen atoms in total. The van der Waals surface area contributed by atoms with Gasteiger partial charge in [0.1, 0.15) is 11.6 Å². The van der Waals surface area contributed by atoms with Crippen LogP contribution in [-0.4, -0.2) is 5.11 Å². The number of hydrogen-bond donors (Lipinski definition) is 1. The van der Waals surface area contributed by atoms with Crippen molar-refractivity contribution < 1.29 is 9.50 Å². The van der Waals surface area contributed by atoms with Gasteiger partial charge in [-0.3, -0.25) is 0 Å². The number of rotatable bonds is 2. The van der Waals surface area contributed by atoms with Gasteiger partial charge in [-0.25, -0.2) is 4.39 Å². The SMILES string of the molecule is N#C/C(=C/c1cc(I)c(O)c(I)c1)c1cccc(F)c1. The molecular weight excluding hydrogens is 483 g/mol. The maximum absolute atomic E-state index is 13.2.